The van der Waals surface area contributed by atoms with Crippen LogP contribution in [0.25, 0.3) is 0 Å². The fraction of sp³-hybridized carbons (Fsp3) is 1.00. The molecule has 76 valence electrons. The zero-order chi connectivity index (χ0) is 9.42. The number of aliphatic hydroxyl groups excluding tert-OH is 1. The number of hydrogen-bond donors (Lipinski definition) is 3. The fourth-order valence-electron chi connectivity index (χ4n) is 1.92. The first kappa shape index (κ1) is 9.40. The Morgan fingerprint density at radius 1 is 1.23 bits per heavy atom. The molecule has 4 heteroatoms. The molecule has 2 rings (SSSR count). The van der Waals surface area contributed by atoms with Crippen LogP contribution >= 0.6 is 0 Å². The molecular formula is C9H18N2O2. The Kier molecular flexibility index (Phi) is 2.55. The average Bonchev–Trinajstić information content (AvgIpc) is 2.91. The first-order valence-electron chi connectivity index (χ1n) is 5.03. The quantitative estimate of drug-likeness (QED) is 0.545. The number of aliphatic hydroxyl groups is 1. The van der Waals surface area contributed by atoms with Gasteiger partial charge in [0.15, 0.2) is 6.29 Å². The van der Waals surface area contributed by atoms with Gasteiger partial charge in [-0.2, -0.15) is 0 Å². The van der Waals surface area contributed by atoms with Gasteiger partial charge in [-0.3, -0.25) is 0 Å². The number of nitrogens with two attached hydrogens (primary N) is 2. The van der Waals surface area contributed by atoms with Crippen LogP contribution in [0.2, 0.25) is 0 Å². The van der Waals surface area contributed by atoms with Crippen molar-refractivity contribution in [2.24, 2.45) is 17.4 Å². The maximum atomic E-state index is 9.40. The molecule has 0 aromatic carbocycles. The van der Waals surface area contributed by atoms with Gasteiger partial charge >= 0.3 is 0 Å². The van der Waals surface area contributed by atoms with Gasteiger partial charge in [0, 0.05) is 6.04 Å². The predicted molar refractivity (Wildman–Crippen MR) is 48.8 cm³/mol. The van der Waals surface area contributed by atoms with Crippen LogP contribution in [0.5, 0.6) is 0 Å². The summed E-state index contributed by atoms with van der Waals surface area (Å²) in [5.74, 6) is 0.617. The molecule has 1 saturated heterocycles. The normalized spacial score (nSPS) is 43.2. The van der Waals surface area contributed by atoms with Gasteiger partial charge in [0.25, 0.3) is 0 Å². The summed E-state index contributed by atoms with van der Waals surface area (Å²) in [7, 11) is 0. The minimum atomic E-state index is -0.816. The van der Waals surface area contributed by atoms with Crippen LogP contribution in [-0.2, 0) is 4.74 Å². The van der Waals surface area contributed by atoms with E-state index >= 15 is 0 Å². The molecule has 4 atom stereocenters. The maximum absolute atomic E-state index is 9.40. The second-order valence-electron chi connectivity index (χ2n) is 4.22. The van der Waals surface area contributed by atoms with Gasteiger partial charge in [-0.1, -0.05) is 0 Å². The average molecular weight is 186 g/mol. The number of ether oxygens (including phenoxy) is 1. The smallest absolute Gasteiger partial charge is 0.170 e. The molecule has 5 N–H and O–H groups in total. The lowest BCUT2D eigenvalue weighted by Gasteiger charge is -2.34. The van der Waals surface area contributed by atoms with Crippen LogP contribution < -0.4 is 11.5 Å². The third-order valence-electron chi connectivity index (χ3n) is 3.06. The van der Waals surface area contributed by atoms with Crippen LogP contribution in [0.15, 0.2) is 0 Å². The lowest BCUT2D eigenvalue weighted by atomic mass is 9.97. The topological polar surface area (TPSA) is 81.5 Å². The van der Waals surface area contributed by atoms with E-state index in [-0.39, 0.29) is 18.2 Å². The fourth-order valence-corrected chi connectivity index (χ4v) is 1.92. The van der Waals surface area contributed by atoms with Gasteiger partial charge in [0.2, 0.25) is 0 Å². The molecule has 2 fully saturated rings. The zero-order valence-electron chi connectivity index (χ0n) is 7.73. The highest BCUT2D eigenvalue weighted by Gasteiger charge is 2.38. The molecule has 0 aromatic rings. The molecule has 1 saturated carbocycles. The summed E-state index contributed by atoms with van der Waals surface area (Å²) in [6.45, 7) is 0. The summed E-state index contributed by atoms with van der Waals surface area (Å²) in [6, 6.07) is -0.134. The Morgan fingerprint density at radius 2 is 1.92 bits per heavy atom. The van der Waals surface area contributed by atoms with E-state index < -0.39 is 6.29 Å². The van der Waals surface area contributed by atoms with Gasteiger partial charge in [-0.25, -0.2) is 0 Å². The molecule has 0 radical (unpaired) electrons. The molecule has 13 heavy (non-hydrogen) atoms. The lowest BCUT2D eigenvalue weighted by Crippen LogP contribution is -2.50. The van der Waals surface area contributed by atoms with Crippen molar-refractivity contribution in [2.45, 2.75) is 50.2 Å². The molecule has 1 heterocycles. The first-order chi connectivity index (χ1) is 6.18. The van der Waals surface area contributed by atoms with Crippen molar-refractivity contribution in [3.05, 3.63) is 0 Å². The number of hydrogen-bond acceptors (Lipinski definition) is 4. The van der Waals surface area contributed by atoms with E-state index in [0.29, 0.717) is 5.92 Å². The Labute approximate surface area is 78.2 Å². The van der Waals surface area contributed by atoms with Crippen LogP contribution in [0.4, 0.5) is 0 Å². The molecule has 4 nitrogen and oxygen atoms in total. The lowest BCUT2D eigenvalue weighted by molar-refractivity contribution is -0.179. The van der Waals surface area contributed by atoms with E-state index in [2.05, 4.69) is 0 Å². The van der Waals surface area contributed by atoms with Crippen molar-refractivity contribution >= 4 is 0 Å². The van der Waals surface area contributed by atoms with Gasteiger partial charge in [0.05, 0.1) is 12.1 Å². The van der Waals surface area contributed by atoms with Crippen molar-refractivity contribution < 1.29 is 9.84 Å². The van der Waals surface area contributed by atoms with Crippen LogP contribution in [0, 0.1) is 5.92 Å². The second kappa shape index (κ2) is 3.53. The summed E-state index contributed by atoms with van der Waals surface area (Å²) < 4.78 is 5.37. The molecule has 2 aliphatic rings. The highest BCUT2D eigenvalue weighted by molar-refractivity contribution is 4.91. The van der Waals surface area contributed by atoms with Crippen molar-refractivity contribution in [1.29, 1.82) is 0 Å². The SMILES string of the molecule is N[C@@H](C1CC1)C1CC[C@H](N)[C@@H](O)O1. The minimum Gasteiger partial charge on any atom is -0.367 e. The van der Waals surface area contributed by atoms with E-state index in [0.717, 1.165) is 12.8 Å². The van der Waals surface area contributed by atoms with Gasteiger partial charge < -0.3 is 21.3 Å². The van der Waals surface area contributed by atoms with E-state index in [1.165, 1.54) is 12.8 Å². The van der Waals surface area contributed by atoms with Crippen LogP contribution in [0.1, 0.15) is 25.7 Å². The van der Waals surface area contributed by atoms with Crippen LogP contribution in [0.3, 0.4) is 0 Å². The second-order valence-corrected chi connectivity index (χ2v) is 4.22. The summed E-state index contributed by atoms with van der Waals surface area (Å²) in [5.41, 5.74) is 11.6. The molecule has 0 spiro atoms. The maximum Gasteiger partial charge on any atom is 0.170 e. The summed E-state index contributed by atoms with van der Waals surface area (Å²) in [6.07, 6.45) is 3.32. The van der Waals surface area contributed by atoms with Crippen LogP contribution in [-0.4, -0.2) is 29.6 Å². The molecule has 1 unspecified atom stereocenters. The third kappa shape index (κ3) is 2.02. The zero-order valence-corrected chi connectivity index (χ0v) is 7.73. The van der Waals surface area contributed by atoms with Gasteiger partial charge in [-0.05, 0) is 31.6 Å². The standard InChI is InChI=1S/C9H18N2O2/c10-6-3-4-7(13-9(6)12)8(11)5-1-2-5/h5-9,12H,1-4,10-11H2/t6-,7?,8-,9-/m0/s1. The highest BCUT2D eigenvalue weighted by atomic mass is 16.6. The Morgan fingerprint density at radius 3 is 2.46 bits per heavy atom. The predicted octanol–water partition coefficient (Wildman–Crippen LogP) is -0.452. The summed E-state index contributed by atoms with van der Waals surface area (Å²) in [5, 5.41) is 9.40. The van der Waals surface area contributed by atoms with Crippen molar-refractivity contribution in [3.63, 3.8) is 0 Å². The molecular weight excluding hydrogens is 168 g/mol. The summed E-state index contributed by atoms with van der Waals surface area (Å²) >= 11 is 0. The van der Waals surface area contributed by atoms with E-state index in [1.54, 1.807) is 0 Å². The summed E-state index contributed by atoms with van der Waals surface area (Å²) in [4.78, 5) is 0. The number of rotatable bonds is 2. The molecule has 0 bridgehead atoms. The van der Waals surface area contributed by atoms with E-state index in [4.69, 9.17) is 16.2 Å². The Balaban J connectivity index is 1.86. The van der Waals surface area contributed by atoms with Gasteiger partial charge in [0.1, 0.15) is 0 Å². The molecule has 0 amide bonds. The Hall–Kier alpha value is -0.160. The molecule has 1 aliphatic heterocycles. The van der Waals surface area contributed by atoms with E-state index in [9.17, 15) is 5.11 Å². The third-order valence-corrected chi connectivity index (χ3v) is 3.06. The minimum absolute atomic E-state index is 0.0160. The molecule has 0 aromatic heterocycles. The largest absolute Gasteiger partial charge is 0.367 e. The monoisotopic (exact) mass is 186 g/mol. The first-order valence-corrected chi connectivity index (χ1v) is 5.03. The highest BCUT2D eigenvalue weighted by Crippen LogP contribution is 2.35. The van der Waals surface area contributed by atoms with Crippen molar-refractivity contribution in [3.8, 4) is 0 Å². The van der Waals surface area contributed by atoms with E-state index in [1.807, 2.05) is 0 Å². The Bertz CT molecular complexity index is 184. The molecule has 1 aliphatic carbocycles. The van der Waals surface area contributed by atoms with Crippen molar-refractivity contribution in [1.82, 2.24) is 0 Å². The van der Waals surface area contributed by atoms with Crippen molar-refractivity contribution in [2.75, 3.05) is 0 Å². The van der Waals surface area contributed by atoms with Gasteiger partial charge in [-0.15, -0.1) is 0 Å².